The largest absolute Gasteiger partial charge is 0.255 e. The van der Waals surface area contributed by atoms with E-state index in [0.717, 1.165) is 22.8 Å². The fourth-order valence-electron chi connectivity index (χ4n) is 15.4. The van der Waals surface area contributed by atoms with Crippen molar-refractivity contribution in [2.45, 2.75) is 0 Å². The molecule has 0 aliphatic heterocycles. The van der Waals surface area contributed by atoms with Crippen LogP contribution in [0, 0.1) is 0 Å². The molecule has 0 unspecified atom stereocenters. The first-order valence-corrected chi connectivity index (χ1v) is 54.5. The summed E-state index contributed by atoms with van der Waals surface area (Å²) >= 11 is 0. The number of hydrogen-bond acceptors (Lipinski definition) is 4. The predicted octanol–water partition coefficient (Wildman–Crippen LogP) is 24.4. The molecule has 18 aromatic carbocycles. The van der Waals surface area contributed by atoms with Crippen LogP contribution in [0.4, 0.5) is 0 Å². The standard InChI is InChI=1S/6C18H15P.2C10H8N2.Pt.W/c6*1-4-10-16(11-5-1)19(17-12-6-2-7-13-17)18-14-8-3-9-15-18;2*1-3-7-11-9(5-1)10-6-2-4-8-12-10;;/h6*1-15H;2*1-8H;;/p+2. The van der Waals surface area contributed by atoms with Gasteiger partial charge in [0.05, 0.1) is 38.6 Å². The maximum absolute atomic E-state index is 4.19. The van der Waals surface area contributed by atoms with Gasteiger partial charge in [0.15, 0.2) is 0 Å². The molecule has 0 bridgehead atoms. The normalized spacial score (nSPS) is 10.3. The second-order valence-electron chi connectivity index (χ2n) is 31.2. The quantitative estimate of drug-likeness (QED) is 0.0714. The Kier molecular flexibility index (Phi) is 44.3. The van der Waals surface area contributed by atoms with Gasteiger partial charge in [-0.05, 0) is 217 Å². The van der Waals surface area contributed by atoms with Gasteiger partial charge in [-0.3, -0.25) is 19.9 Å². The number of nitrogens with zero attached hydrogens (tertiary/aromatic N) is 4. The molecule has 0 saturated heterocycles. The van der Waals surface area contributed by atoms with Crippen LogP contribution in [0.2, 0.25) is 0 Å². The van der Waals surface area contributed by atoms with E-state index >= 15 is 0 Å². The zero-order valence-electron chi connectivity index (χ0n) is 77.5. The van der Waals surface area contributed by atoms with Crippen molar-refractivity contribution in [3.05, 3.63) is 644 Å². The van der Waals surface area contributed by atoms with Gasteiger partial charge in [-0.15, -0.1) is 0 Å². The van der Waals surface area contributed by atoms with Crippen molar-refractivity contribution in [1.82, 2.24) is 19.9 Å². The fraction of sp³-hybridized carbons (Fsp3) is 0. The predicted molar refractivity (Wildman–Crippen MR) is 609 cm³/mol. The zero-order valence-corrected chi connectivity index (χ0v) is 88.3. The van der Waals surface area contributed by atoms with E-state index in [1.165, 1.54) is 95.5 Å². The van der Waals surface area contributed by atoms with Crippen molar-refractivity contribution < 1.29 is 42.1 Å². The van der Waals surface area contributed by atoms with Gasteiger partial charge in [-0.1, -0.05) is 497 Å². The Bertz CT molecular complexity index is 5350. The van der Waals surface area contributed by atoms with Gasteiger partial charge in [-0.2, -0.15) is 0 Å². The molecule has 22 rings (SSSR count). The molecular weight excluding hydrogens is 2160 g/mol. The first-order valence-electron chi connectivity index (χ1n) is 46.2. The van der Waals surface area contributed by atoms with E-state index in [0.29, 0.717) is 0 Å². The molecule has 0 fully saturated rings. The van der Waals surface area contributed by atoms with Gasteiger partial charge in [0, 0.05) is 66.9 Å². The first-order chi connectivity index (χ1) is 68.6. The van der Waals surface area contributed by atoms with Gasteiger partial charge >= 0.3 is 0 Å². The summed E-state index contributed by atoms with van der Waals surface area (Å²) in [6.07, 6.45) is 7.07. The number of hydrogen-bond donors (Lipinski definition) is 0. The molecule has 0 aliphatic carbocycles. The average Bonchev–Trinajstić information content (AvgIpc) is 0.839. The van der Waals surface area contributed by atoms with Crippen LogP contribution < -0.4 is 95.5 Å². The molecule has 0 spiro atoms. The van der Waals surface area contributed by atoms with Gasteiger partial charge in [-0.25, -0.2) is 0 Å². The first kappa shape index (κ1) is 104. The van der Waals surface area contributed by atoms with E-state index in [9.17, 15) is 0 Å². The molecule has 4 nitrogen and oxygen atoms in total. The topological polar surface area (TPSA) is 51.6 Å². The van der Waals surface area contributed by atoms with Crippen molar-refractivity contribution in [2.75, 3.05) is 0 Å². The van der Waals surface area contributed by atoms with Crippen LogP contribution in [0.5, 0.6) is 0 Å². The Balaban J connectivity index is 0.000000135. The van der Waals surface area contributed by atoms with Crippen LogP contribution in [0.1, 0.15) is 0 Å². The molecule has 4 aromatic heterocycles. The van der Waals surface area contributed by atoms with E-state index in [1.54, 1.807) is 24.8 Å². The molecule has 684 valence electrons. The summed E-state index contributed by atoms with van der Waals surface area (Å²) in [5, 5.41) is 25.4. The van der Waals surface area contributed by atoms with Crippen LogP contribution >= 0.6 is 47.5 Å². The van der Waals surface area contributed by atoms with Gasteiger partial charge in [0.25, 0.3) is 0 Å². The molecule has 0 saturated carbocycles. The fourth-order valence-corrected chi connectivity index (χ4v) is 29.8. The number of aromatic nitrogens is 4. The minimum Gasteiger partial charge on any atom is -0.255 e. The Labute approximate surface area is 863 Å². The number of pyridine rings is 4. The molecule has 0 N–H and O–H groups in total. The van der Waals surface area contributed by atoms with Crippen LogP contribution in [-0.2, 0) is 42.1 Å². The molecule has 0 amide bonds. The van der Waals surface area contributed by atoms with Crippen LogP contribution in [0.25, 0.3) is 22.8 Å². The third-order valence-corrected chi connectivity index (χ3v) is 37.0. The molecule has 140 heavy (non-hydrogen) atoms. The molecule has 0 atom stereocenters. The second-order valence-corrected chi connectivity index (χ2v) is 45.0. The van der Waals surface area contributed by atoms with Crippen LogP contribution in [0.3, 0.4) is 0 Å². The van der Waals surface area contributed by atoms with Crippen LogP contribution in [0.15, 0.2) is 644 Å². The Hall–Kier alpha value is -13.5. The smallest absolute Gasteiger partial charge is 0.102 e. The van der Waals surface area contributed by atoms with E-state index < -0.39 is 47.5 Å². The van der Waals surface area contributed by atoms with Crippen molar-refractivity contribution in [1.29, 1.82) is 0 Å². The minimum absolute atomic E-state index is 0. The summed E-state index contributed by atoms with van der Waals surface area (Å²) in [6.45, 7) is 0. The third kappa shape index (κ3) is 32.3. The summed E-state index contributed by atoms with van der Waals surface area (Å²) in [4.78, 5) is 16.7. The van der Waals surface area contributed by atoms with Gasteiger partial charge in [0.2, 0.25) is 0 Å². The summed E-state index contributed by atoms with van der Waals surface area (Å²) in [6, 6.07) is 217. The second kappa shape index (κ2) is 59.7. The third-order valence-electron chi connectivity index (χ3n) is 21.7. The van der Waals surface area contributed by atoms with Gasteiger partial charge < -0.3 is 0 Å². The number of benzene rings is 18. The molecule has 12 heteroatoms. The van der Waals surface area contributed by atoms with E-state index in [2.05, 4.69) is 566 Å². The SMILES string of the molecule is [Pt].[W].c1ccc(-c2ccccn2)nc1.c1ccc(-c2ccccn2)nc1.c1ccc(P(c2ccccc2)c2ccccc2)cc1.c1ccc(P(c2ccccc2)c2ccccc2)cc1.c1ccc(P(c2ccccc2)c2ccccc2)cc1.c1ccc(P(c2ccccc2)c2ccccc2)cc1.c1ccc([PH+](c2ccccc2)c2ccccc2)cc1.c1ccc([PH+](c2ccccc2)c2ccccc2)cc1. The van der Waals surface area contributed by atoms with Crippen molar-refractivity contribution in [3.8, 4) is 22.8 Å². The van der Waals surface area contributed by atoms with Crippen molar-refractivity contribution >= 4 is 143 Å². The Morgan fingerprint density at radius 1 is 0.114 bits per heavy atom. The maximum atomic E-state index is 4.19. The maximum Gasteiger partial charge on any atom is 0.102 e. The van der Waals surface area contributed by atoms with E-state index in [1.807, 2.05) is 72.8 Å². The average molecular weight is 2270 g/mol. The summed E-state index contributed by atoms with van der Waals surface area (Å²) < 4.78 is 0. The molecule has 0 radical (unpaired) electrons. The molecule has 4 heterocycles. The molecular formula is C128H108N4P6PtW+2. The number of rotatable bonds is 20. The van der Waals surface area contributed by atoms with Gasteiger partial charge in [0.1, 0.15) is 31.8 Å². The Morgan fingerprint density at radius 2 is 0.207 bits per heavy atom. The summed E-state index contributed by atoms with van der Waals surface area (Å²) in [5.41, 5.74) is 3.66. The Morgan fingerprint density at radius 3 is 0.300 bits per heavy atom. The van der Waals surface area contributed by atoms with Crippen LogP contribution in [-0.4, -0.2) is 19.9 Å². The summed E-state index contributed by atoms with van der Waals surface area (Å²) in [7, 11) is -3.54. The van der Waals surface area contributed by atoms with Crippen molar-refractivity contribution in [2.24, 2.45) is 0 Å². The monoisotopic (exact) mass is 2270 g/mol. The minimum atomic E-state index is -0.877. The molecule has 0 aliphatic rings. The van der Waals surface area contributed by atoms with E-state index in [4.69, 9.17) is 0 Å². The van der Waals surface area contributed by atoms with E-state index in [-0.39, 0.29) is 42.1 Å². The zero-order chi connectivity index (χ0) is 93.9. The molecule has 22 aromatic rings. The van der Waals surface area contributed by atoms with Crippen molar-refractivity contribution in [3.63, 3.8) is 0 Å². The summed E-state index contributed by atoms with van der Waals surface area (Å²) in [5.74, 6) is 0.